The molecule has 0 fully saturated rings. The van der Waals surface area contributed by atoms with Crippen molar-refractivity contribution in [2.45, 2.75) is 33.9 Å². The Morgan fingerprint density at radius 3 is 2.32 bits per heavy atom. The molecule has 0 atom stereocenters. The molecule has 1 aromatic heterocycles. The van der Waals surface area contributed by atoms with E-state index in [9.17, 15) is 9.18 Å². The molecule has 0 aliphatic heterocycles. The Labute approximate surface area is 199 Å². The summed E-state index contributed by atoms with van der Waals surface area (Å²) in [5, 5.41) is 11.3. The van der Waals surface area contributed by atoms with E-state index >= 15 is 0 Å². The summed E-state index contributed by atoms with van der Waals surface area (Å²) in [7, 11) is 1.82. The maximum atomic E-state index is 13.7. The van der Waals surface area contributed by atoms with Gasteiger partial charge in [0.05, 0.1) is 6.54 Å². The van der Waals surface area contributed by atoms with Gasteiger partial charge in [0.1, 0.15) is 5.82 Å². The molecule has 0 spiro atoms. The Morgan fingerprint density at radius 1 is 0.941 bits per heavy atom. The van der Waals surface area contributed by atoms with Crippen molar-refractivity contribution < 1.29 is 9.18 Å². The number of nitrogens with zero attached hydrogens (tertiary/aromatic N) is 2. The summed E-state index contributed by atoms with van der Waals surface area (Å²) in [6.07, 6.45) is 3.67. The summed E-state index contributed by atoms with van der Waals surface area (Å²) >= 11 is 0. The molecule has 0 radical (unpaired) electrons. The van der Waals surface area contributed by atoms with Gasteiger partial charge in [0.15, 0.2) is 0 Å². The summed E-state index contributed by atoms with van der Waals surface area (Å²) in [6.45, 7) is 6.83. The number of aromatic nitrogens is 2. The van der Waals surface area contributed by atoms with Crippen molar-refractivity contribution >= 4 is 5.91 Å². The Bertz CT molecular complexity index is 1410. The van der Waals surface area contributed by atoms with E-state index in [4.69, 9.17) is 5.41 Å². The predicted molar refractivity (Wildman–Crippen MR) is 132 cm³/mol. The molecule has 5 nitrogen and oxygen atoms in total. The molecule has 1 amide bonds. The number of carbonyl (C=O) groups excluding carboxylic acids is 1. The third kappa shape index (κ3) is 5.17. The summed E-state index contributed by atoms with van der Waals surface area (Å²) in [4.78, 5) is 13.2. The second-order valence-corrected chi connectivity index (χ2v) is 8.92. The average molecular weight is 457 g/mol. The summed E-state index contributed by atoms with van der Waals surface area (Å²) < 4.78 is 17.3. The quantitative estimate of drug-likeness (QED) is 0.421. The Morgan fingerprint density at radius 2 is 1.68 bits per heavy atom. The lowest BCUT2D eigenvalue weighted by Gasteiger charge is -2.13. The van der Waals surface area contributed by atoms with E-state index < -0.39 is 0 Å². The molecular formula is C28H29FN4O. The first kappa shape index (κ1) is 23.2. The number of rotatable bonds is 6. The molecule has 0 aliphatic rings. The molecule has 34 heavy (non-hydrogen) atoms. The predicted octanol–water partition coefficient (Wildman–Crippen LogP) is 5.02. The van der Waals surface area contributed by atoms with Gasteiger partial charge in [-0.15, -0.1) is 0 Å². The Kier molecular flexibility index (Phi) is 6.50. The monoisotopic (exact) mass is 456 g/mol. The normalized spacial score (nSPS) is 11.0. The van der Waals surface area contributed by atoms with Crippen LogP contribution in [0.5, 0.6) is 0 Å². The minimum Gasteiger partial charge on any atom is -0.348 e. The topological polar surface area (TPSA) is 62.8 Å². The van der Waals surface area contributed by atoms with Gasteiger partial charge in [0.2, 0.25) is 5.62 Å². The summed E-state index contributed by atoms with van der Waals surface area (Å²) in [6, 6.07) is 16.6. The van der Waals surface area contributed by atoms with Gasteiger partial charge in [-0.2, -0.15) is 0 Å². The zero-order valence-electron chi connectivity index (χ0n) is 19.9. The van der Waals surface area contributed by atoms with E-state index in [0.29, 0.717) is 24.3 Å². The molecule has 0 bridgehead atoms. The van der Waals surface area contributed by atoms with E-state index in [1.54, 1.807) is 10.6 Å². The first-order chi connectivity index (χ1) is 16.2. The van der Waals surface area contributed by atoms with Gasteiger partial charge in [0.25, 0.3) is 5.91 Å². The van der Waals surface area contributed by atoms with Crippen LogP contribution in [-0.4, -0.2) is 15.0 Å². The SMILES string of the molecule is Cc1cc(C)cc(CNC(=O)c2cc(Cn3ccn(C)c3=N)cc(-c3ccc(F)cc3C)c2)c1. The van der Waals surface area contributed by atoms with Gasteiger partial charge in [-0.3, -0.25) is 10.2 Å². The highest BCUT2D eigenvalue weighted by Gasteiger charge is 2.13. The minimum atomic E-state index is -0.289. The number of hydrogen-bond donors (Lipinski definition) is 2. The molecule has 0 saturated heterocycles. The molecular weight excluding hydrogens is 427 g/mol. The maximum absolute atomic E-state index is 13.7. The molecule has 0 unspecified atom stereocenters. The highest BCUT2D eigenvalue weighted by Crippen LogP contribution is 2.27. The van der Waals surface area contributed by atoms with E-state index in [1.165, 1.54) is 12.1 Å². The molecule has 4 aromatic rings. The summed E-state index contributed by atoms with van der Waals surface area (Å²) in [5.41, 5.74) is 7.67. The van der Waals surface area contributed by atoms with Crippen LogP contribution in [0.15, 0.2) is 67.0 Å². The minimum absolute atomic E-state index is 0.175. The van der Waals surface area contributed by atoms with Gasteiger partial charge in [-0.25, -0.2) is 4.39 Å². The van der Waals surface area contributed by atoms with Crippen LogP contribution >= 0.6 is 0 Å². The number of benzene rings is 3. The third-order valence-corrected chi connectivity index (χ3v) is 5.92. The fraction of sp³-hybridized carbons (Fsp3) is 0.214. The summed E-state index contributed by atoms with van der Waals surface area (Å²) in [5.74, 6) is -0.464. The molecule has 2 N–H and O–H groups in total. The lowest BCUT2D eigenvalue weighted by atomic mass is 9.96. The van der Waals surface area contributed by atoms with Gasteiger partial charge in [-0.1, -0.05) is 35.4 Å². The van der Waals surface area contributed by atoms with Crippen LogP contribution in [-0.2, 0) is 20.1 Å². The Hall–Kier alpha value is -3.93. The first-order valence-electron chi connectivity index (χ1n) is 11.2. The number of aryl methyl sites for hydroxylation is 4. The fourth-order valence-electron chi connectivity index (χ4n) is 4.32. The zero-order chi connectivity index (χ0) is 24.4. The van der Waals surface area contributed by atoms with Crippen molar-refractivity contribution in [1.29, 1.82) is 5.41 Å². The lowest BCUT2D eigenvalue weighted by molar-refractivity contribution is 0.0951. The molecule has 4 rings (SSSR count). The Balaban J connectivity index is 1.69. The number of halogens is 1. The molecule has 0 aliphatic carbocycles. The molecule has 174 valence electrons. The maximum Gasteiger partial charge on any atom is 0.251 e. The largest absolute Gasteiger partial charge is 0.348 e. The third-order valence-electron chi connectivity index (χ3n) is 5.92. The number of imidazole rings is 1. The number of nitrogens with one attached hydrogen (secondary N) is 2. The van der Waals surface area contributed by atoms with Crippen LogP contribution < -0.4 is 10.9 Å². The highest BCUT2D eigenvalue weighted by atomic mass is 19.1. The van der Waals surface area contributed by atoms with Crippen LogP contribution in [0, 0.1) is 32.0 Å². The smallest absolute Gasteiger partial charge is 0.251 e. The number of hydrogen-bond acceptors (Lipinski definition) is 2. The average Bonchev–Trinajstić information content (AvgIpc) is 3.08. The van der Waals surface area contributed by atoms with E-state index in [0.717, 1.165) is 38.9 Å². The standard InChI is InChI=1S/C28H29FN4O/c1-18-9-19(2)11-21(10-18)16-31-27(34)24-14-22(17-33-8-7-32(4)28(33)30)13-23(15-24)26-6-5-25(29)12-20(26)3/h5-15,30H,16-17H2,1-4H3,(H,31,34). The highest BCUT2D eigenvalue weighted by molar-refractivity contribution is 5.95. The molecule has 1 heterocycles. The van der Waals surface area contributed by atoms with Crippen molar-refractivity contribution in [3.63, 3.8) is 0 Å². The van der Waals surface area contributed by atoms with Crippen LogP contribution in [0.4, 0.5) is 4.39 Å². The van der Waals surface area contributed by atoms with Crippen molar-refractivity contribution in [2.24, 2.45) is 7.05 Å². The van der Waals surface area contributed by atoms with Crippen LogP contribution in [0.25, 0.3) is 11.1 Å². The second-order valence-electron chi connectivity index (χ2n) is 8.92. The van der Waals surface area contributed by atoms with Crippen LogP contribution in [0.3, 0.4) is 0 Å². The molecule has 0 saturated carbocycles. The van der Waals surface area contributed by atoms with Gasteiger partial charge in [0, 0.05) is 31.5 Å². The fourth-order valence-corrected chi connectivity index (χ4v) is 4.32. The van der Waals surface area contributed by atoms with Crippen molar-refractivity contribution in [3.05, 3.63) is 112 Å². The van der Waals surface area contributed by atoms with Gasteiger partial charge < -0.3 is 14.5 Å². The van der Waals surface area contributed by atoms with Crippen LogP contribution in [0.1, 0.15) is 38.2 Å². The molecule has 6 heteroatoms. The number of amides is 1. The van der Waals surface area contributed by atoms with Gasteiger partial charge >= 0.3 is 0 Å². The van der Waals surface area contributed by atoms with Crippen molar-refractivity contribution in [3.8, 4) is 11.1 Å². The first-order valence-corrected chi connectivity index (χ1v) is 11.2. The lowest BCUT2D eigenvalue weighted by Crippen LogP contribution is -2.24. The van der Waals surface area contributed by atoms with E-state index in [2.05, 4.69) is 23.5 Å². The van der Waals surface area contributed by atoms with Crippen LogP contribution in [0.2, 0.25) is 0 Å². The zero-order valence-corrected chi connectivity index (χ0v) is 19.9. The number of carbonyl (C=O) groups is 1. The van der Waals surface area contributed by atoms with E-state index in [1.807, 2.05) is 63.0 Å². The van der Waals surface area contributed by atoms with Gasteiger partial charge in [-0.05, 0) is 78.9 Å². The van der Waals surface area contributed by atoms with Crippen molar-refractivity contribution in [2.75, 3.05) is 0 Å². The second kappa shape index (κ2) is 9.51. The molecule has 3 aromatic carbocycles. The van der Waals surface area contributed by atoms with Crippen molar-refractivity contribution in [1.82, 2.24) is 14.5 Å². The van der Waals surface area contributed by atoms with E-state index in [-0.39, 0.29) is 11.7 Å².